The summed E-state index contributed by atoms with van der Waals surface area (Å²) in [5.41, 5.74) is -1.09. The number of rotatable bonds is 5. The highest BCUT2D eigenvalue weighted by Crippen LogP contribution is 2.33. The fraction of sp³-hybridized carbons (Fsp3) is 0.333. The number of hydrogen-bond donors (Lipinski definition) is 2. The summed E-state index contributed by atoms with van der Waals surface area (Å²) in [6.45, 7) is -0.307. The number of hydrogen-bond acceptors (Lipinski definition) is 4. The molecular formula is C15H13ClF3N5O2. The molecule has 0 unspecified atom stereocenters. The van der Waals surface area contributed by atoms with Gasteiger partial charge < -0.3 is 10.6 Å². The topological polar surface area (TPSA) is 88.9 Å². The number of nitrogens with zero attached hydrogens (tertiary/aromatic N) is 3. The number of carbonyl (C=O) groups excluding carboxylic acids is 2. The van der Waals surface area contributed by atoms with Gasteiger partial charge in [0, 0.05) is 5.92 Å². The summed E-state index contributed by atoms with van der Waals surface area (Å²) in [4.78, 5) is 23.6. The Balaban J connectivity index is 1.62. The lowest BCUT2D eigenvalue weighted by atomic mass is 10.2. The van der Waals surface area contributed by atoms with E-state index < -0.39 is 17.6 Å². The molecule has 2 amide bonds. The van der Waals surface area contributed by atoms with E-state index in [9.17, 15) is 22.8 Å². The Labute approximate surface area is 150 Å². The third kappa shape index (κ3) is 4.51. The van der Waals surface area contributed by atoms with Crippen LogP contribution in [-0.4, -0.2) is 26.8 Å². The summed E-state index contributed by atoms with van der Waals surface area (Å²) >= 11 is 5.83. The zero-order chi connectivity index (χ0) is 18.9. The monoisotopic (exact) mass is 387 g/mol. The Morgan fingerprint density at radius 2 is 2.00 bits per heavy atom. The first-order valence-electron chi connectivity index (χ1n) is 7.60. The van der Waals surface area contributed by atoms with Crippen LogP contribution >= 0.6 is 11.6 Å². The highest BCUT2D eigenvalue weighted by molar-refractivity contribution is 6.33. The van der Waals surface area contributed by atoms with E-state index >= 15 is 0 Å². The van der Waals surface area contributed by atoms with Gasteiger partial charge in [0.2, 0.25) is 11.8 Å². The van der Waals surface area contributed by atoms with Crippen molar-refractivity contribution in [3.05, 3.63) is 35.0 Å². The zero-order valence-electron chi connectivity index (χ0n) is 13.2. The van der Waals surface area contributed by atoms with Gasteiger partial charge in [-0.05, 0) is 31.0 Å². The zero-order valence-corrected chi connectivity index (χ0v) is 13.9. The van der Waals surface area contributed by atoms with Gasteiger partial charge in [-0.3, -0.25) is 9.59 Å². The Bertz CT molecular complexity index is 848. The molecule has 2 aromatic rings. The van der Waals surface area contributed by atoms with Gasteiger partial charge in [0.25, 0.3) is 0 Å². The summed E-state index contributed by atoms with van der Waals surface area (Å²) in [5, 5.41) is 12.3. The van der Waals surface area contributed by atoms with Crippen LogP contribution < -0.4 is 10.6 Å². The second-order valence-electron chi connectivity index (χ2n) is 5.81. The molecule has 1 aromatic carbocycles. The summed E-state index contributed by atoms with van der Waals surface area (Å²) in [7, 11) is 0. The average Bonchev–Trinajstić information content (AvgIpc) is 3.31. The van der Waals surface area contributed by atoms with Crippen molar-refractivity contribution in [2.75, 3.05) is 10.6 Å². The summed E-state index contributed by atoms with van der Waals surface area (Å²) in [6, 6.07) is 2.63. The molecule has 0 radical (unpaired) electrons. The minimum atomic E-state index is -4.55. The molecule has 1 heterocycles. The maximum absolute atomic E-state index is 12.7. The Kier molecular flexibility index (Phi) is 4.86. The number of carbonyl (C=O) groups is 2. The highest BCUT2D eigenvalue weighted by Gasteiger charge is 2.31. The Hall–Kier alpha value is -2.62. The highest BCUT2D eigenvalue weighted by atomic mass is 35.5. The van der Waals surface area contributed by atoms with Crippen molar-refractivity contribution in [1.82, 2.24) is 15.0 Å². The minimum Gasteiger partial charge on any atom is -0.323 e. The first-order chi connectivity index (χ1) is 12.2. The molecule has 7 nitrogen and oxygen atoms in total. The first kappa shape index (κ1) is 18.2. The van der Waals surface area contributed by atoms with E-state index in [0.29, 0.717) is 0 Å². The fourth-order valence-corrected chi connectivity index (χ4v) is 2.31. The predicted octanol–water partition coefficient (Wildman–Crippen LogP) is 2.94. The standard InChI is InChI=1S/C15H13ClF3N5O2/c16-10-4-3-9(15(17,18)19)5-11(10)20-13(25)7-24-6-12(22-23-24)21-14(26)8-1-2-8/h3-6,8H,1-2,7H2,(H,20,25)(H,21,26). The van der Waals surface area contributed by atoms with Crippen molar-refractivity contribution in [2.45, 2.75) is 25.6 Å². The lowest BCUT2D eigenvalue weighted by Gasteiger charge is -2.11. The summed E-state index contributed by atoms with van der Waals surface area (Å²) in [6.07, 6.45) is -1.53. The van der Waals surface area contributed by atoms with E-state index in [2.05, 4.69) is 20.9 Å². The van der Waals surface area contributed by atoms with Crippen LogP contribution in [0.15, 0.2) is 24.4 Å². The second-order valence-corrected chi connectivity index (χ2v) is 6.21. The second kappa shape index (κ2) is 6.94. The van der Waals surface area contributed by atoms with E-state index in [0.717, 1.165) is 35.7 Å². The van der Waals surface area contributed by atoms with Gasteiger partial charge in [-0.25, -0.2) is 4.68 Å². The molecule has 0 atom stereocenters. The molecule has 26 heavy (non-hydrogen) atoms. The van der Waals surface area contributed by atoms with Crippen molar-refractivity contribution >= 4 is 34.9 Å². The van der Waals surface area contributed by atoms with E-state index in [1.54, 1.807) is 0 Å². The molecule has 11 heteroatoms. The molecule has 0 aliphatic heterocycles. The number of aromatic nitrogens is 3. The lowest BCUT2D eigenvalue weighted by Crippen LogP contribution is -2.20. The molecule has 2 N–H and O–H groups in total. The minimum absolute atomic E-state index is 0.00787. The van der Waals surface area contributed by atoms with Crippen molar-refractivity contribution in [2.24, 2.45) is 5.92 Å². The molecule has 1 saturated carbocycles. The first-order valence-corrected chi connectivity index (χ1v) is 7.98. The van der Waals surface area contributed by atoms with E-state index in [-0.39, 0.29) is 34.9 Å². The van der Waals surface area contributed by atoms with Crippen molar-refractivity contribution in [3.63, 3.8) is 0 Å². The maximum atomic E-state index is 12.7. The van der Waals surface area contributed by atoms with Crippen LogP contribution in [-0.2, 0) is 22.3 Å². The van der Waals surface area contributed by atoms with Gasteiger partial charge in [0.05, 0.1) is 22.5 Å². The third-order valence-corrected chi connectivity index (χ3v) is 3.94. The number of alkyl halides is 3. The number of anilines is 2. The smallest absolute Gasteiger partial charge is 0.323 e. The van der Waals surface area contributed by atoms with Gasteiger partial charge >= 0.3 is 6.18 Å². The number of halogens is 4. The number of amides is 2. The normalized spacial score (nSPS) is 14.2. The van der Waals surface area contributed by atoms with Crippen LogP contribution in [0.1, 0.15) is 18.4 Å². The maximum Gasteiger partial charge on any atom is 0.416 e. The molecule has 138 valence electrons. The third-order valence-electron chi connectivity index (χ3n) is 3.61. The van der Waals surface area contributed by atoms with E-state index in [1.165, 1.54) is 6.20 Å². The largest absolute Gasteiger partial charge is 0.416 e. The number of benzene rings is 1. The van der Waals surface area contributed by atoms with Crippen LogP contribution in [0.2, 0.25) is 5.02 Å². The van der Waals surface area contributed by atoms with Crippen molar-refractivity contribution < 1.29 is 22.8 Å². The van der Waals surface area contributed by atoms with Gasteiger partial charge in [-0.1, -0.05) is 16.8 Å². The van der Waals surface area contributed by atoms with Crippen LogP contribution in [0.25, 0.3) is 0 Å². The van der Waals surface area contributed by atoms with E-state index in [1.807, 2.05) is 0 Å². The van der Waals surface area contributed by atoms with Crippen LogP contribution in [0.4, 0.5) is 24.7 Å². The molecule has 0 bridgehead atoms. The molecule has 1 aliphatic carbocycles. The van der Waals surface area contributed by atoms with Crippen molar-refractivity contribution in [3.8, 4) is 0 Å². The molecule has 3 rings (SSSR count). The molecule has 0 saturated heterocycles. The van der Waals surface area contributed by atoms with Gasteiger partial charge in [0.15, 0.2) is 5.82 Å². The van der Waals surface area contributed by atoms with Crippen LogP contribution in [0.3, 0.4) is 0 Å². The van der Waals surface area contributed by atoms with Crippen LogP contribution in [0.5, 0.6) is 0 Å². The SMILES string of the molecule is O=C(Cn1cc(NC(=O)C2CC2)nn1)Nc1cc(C(F)(F)F)ccc1Cl. The summed E-state index contributed by atoms with van der Waals surface area (Å²) < 4.78 is 39.4. The average molecular weight is 388 g/mol. The van der Waals surface area contributed by atoms with Crippen LogP contribution in [0, 0.1) is 5.92 Å². The predicted molar refractivity (Wildman–Crippen MR) is 86.5 cm³/mol. The molecule has 1 fully saturated rings. The van der Waals surface area contributed by atoms with Gasteiger partial charge in [0.1, 0.15) is 6.54 Å². The Morgan fingerprint density at radius 1 is 1.27 bits per heavy atom. The van der Waals surface area contributed by atoms with Crippen molar-refractivity contribution in [1.29, 1.82) is 0 Å². The van der Waals surface area contributed by atoms with Gasteiger partial charge in [-0.15, -0.1) is 5.10 Å². The Morgan fingerprint density at radius 3 is 2.65 bits per heavy atom. The number of nitrogens with one attached hydrogen (secondary N) is 2. The molecule has 1 aromatic heterocycles. The summed E-state index contributed by atoms with van der Waals surface area (Å²) in [5.74, 6) is -0.605. The molecule has 0 spiro atoms. The van der Waals surface area contributed by atoms with E-state index in [4.69, 9.17) is 11.6 Å². The quantitative estimate of drug-likeness (QED) is 0.825. The molecule has 1 aliphatic rings. The fourth-order valence-electron chi connectivity index (χ4n) is 2.14. The van der Waals surface area contributed by atoms with Gasteiger partial charge in [-0.2, -0.15) is 13.2 Å². The lowest BCUT2D eigenvalue weighted by molar-refractivity contribution is -0.137. The molecular weight excluding hydrogens is 375 g/mol.